The molecule has 0 atom stereocenters. The summed E-state index contributed by atoms with van der Waals surface area (Å²) in [6.07, 6.45) is 1.05. The summed E-state index contributed by atoms with van der Waals surface area (Å²) in [6, 6.07) is 8.60. The molecule has 0 bridgehead atoms. The van der Waals surface area contributed by atoms with E-state index in [0.29, 0.717) is 16.9 Å². The first-order valence-electron chi connectivity index (χ1n) is 8.57. The zero-order valence-electron chi connectivity index (χ0n) is 15.2. The number of aryl methyl sites for hydroxylation is 3. The van der Waals surface area contributed by atoms with Crippen molar-refractivity contribution >= 4 is 34.4 Å². The van der Waals surface area contributed by atoms with Crippen molar-refractivity contribution in [1.82, 2.24) is 20.2 Å². The van der Waals surface area contributed by atoms with Gasteiger partial charge in [0.05, 0.1) is 16.4 Å². The molecule has 5 nitrogen and oxygen atoms in total. The second-order valence-electron chi connectivity index (χ2n) is 6.00. The smallest absolute Gasteiger partial charge is 0.277 e. The van der Waals surface area contributed by atoms with E-state index in [1.807, 2.05) is 13.8 Å². The molecule has 1 aromatic carbocycles. The first-order chi connectivity index (χ1) is 13.1. The summed E-state index contributed by atoms with van der Waals surface area (Å²) < 4.78 is 5.79. The van der Waals surface area contributed by atoms with Crippen molar-refractivity contribution in [3.05, 3.63) is 51.6 Å². The van der Waals surface area contributed by atoms with Crippen molar-refractivity contribution in [2.45, 2.75) is 38.2 Å². The molecule has 3 heterocycles. The van der Waals surface area contributed by atoms with Crippen LogP contribution in [0, 0.1) is 13.8 Å². The lowest BCUT2D eigenvalue weighted by molar-refractivity contribution is 0.466. The Kier molecular flexibility index (Phi) is 5.38. The van der Waals surface area contributed by atoms with Crippen LogP contribution in [-0.2, 0) is 12.2 Å². The molecule has 0 aliphatic rings. The third kappa shape index (κ3) is 4.12. The molecule has 8 heteroatoms. The molecule has 0 N–H and O–H groups in total. The fourth-order valence-electron chi connectivity index (χ4n) is 2.61. The van der Waals surface area contributed by atoms with Crippen LogP contribution in [0.1, 0.15) is 28.9 Å². The van der Waals surface area contributed by atoms with Gasteiger partial charge in [0.15, 0.2) is 0 Å². The molecule has 0 radical (unpaired) electrons. The van der Waals surface area contributed by atoms with E-state index < -0.39 is 0 Å². The van der Waals surface area contributed by atoms with Gasteiger partial charge in [0, 0.05) is 16.7 Å². The highest BCUT2D eigenvalue weighted by Gasteiger charge is 2.15. The number of benzene rings is 1. The molecule has 4 aromatic rings. The highest BCUT2D eigenvalue weighted by Crippen LogP contribution is 2.32. The van der Waals surface area contributed by atoms with Gasteiger partial charge < -0.3 is 4.42 Å². The molecule has 0 saturated carbocycles. The monoisotopic (exact) mass is 414 g/mol. The minimum atomic E-state index is 0.538. The summed E-state index contributed by atoms with van der Waals surface area (Å²) in [4.78, 5) is 10.1. The van der Waals surface area contributed by atoms with Crippen molar-refractivity contribution in [3.63, 3.8) is 0 Å². The van der Waals surface area contributed by atoms with Gasteiger partial charge >= 0.3 is 0 Å². The summed E-state index contributed by atoms with van der Waals surface area (Å²) in [7, 11) is 0. The van der Waals surface area contributed by atoms with Crippen LogP contribution in [-0.4, -0.2) is 20.2 Å². The average Bonchev–Trinajstić information content (AvgIpc) is 3.40. The Morgan fingerprint density at radius 3 is 2.59 bits per heavy atom. The van der Waals surface area contributed by atoms with Crippen LogP contribution in [0.4, 0.5) is 0 Å². The molecule has 0 aliphatic carbocycles. The van der Waals surface area contributed by atoms with Gasteiger partial charge in [-0.05, 0) is 25.8 Å². The molecule has 0 saturated heterocycles. The average molecular weight is 415 g/mol. The first kappa shape index (κ1) is 18.3. The Hall–Kier alpha value is -2.03. The maximum atomic E-state index is 5.79. The maximum absolute atomic E-state index is 5.79. The predicted octanol–water partition coefficient (Wildman–Crippen LogP) is 5.79. The zero-order valence-corrected chi connectivity index (χ0v) is 17.7. The summed E-state index contributed by atoms with van der Waals surface area (Å²) in [5.74, 6) is 1.24. The summed E-state index contributed by atoms with van der Waals surface area (Å²) in [5.41, 5.74) is 4.44. The lowest BCUT2D eigenvalue weighted by Gasteiger charge is -1.98. The molecule has 0 unspecified atom stereocenters. The number of aromatic nitrogens is 4. The van der Waals surface area contributed by atoms with E-state index in [2.05, 4.69) is 51.8 Å². The van der Waals surface area contributed by atoms with E-state index in [1.165, 1.54) is 17.3 Å². The second-order valence-corrected chi connectivity index (χ2v) is 8.99. The van der Waals surface area contributed by atoms with Gasteiger partial charge in [-0.25, -0.2) is 9.97 Å². The van der Waals surface area contributed by atoms with Crippen LogP contribution in [0.15, 0.2) is 39.3 Å². The Morgan fingerprint density at radius 1 is 1.07 bits per heavy atom. The van der Waals surface area contributed by atoms with Crippen LogP contribution >= 0.6 is 34.4 Å². The van der Waals surface area contributed by atoms with Crippen LogP contribution in [0.3, 0.4) is 0 Å². The van der Waals surface area contributed by atoms with E-state index in [-0.39, 0.29) is 0 Å². The molecule has 138 valence electrons. The van der Waals surface area contributed by atoms with Gasteiger partial charge in [0.1, 0.15) is 9.88 Å². The minimum absolute atomic E-state index is 0.538. The summed E-state index contributed by atoms with van der Waals surface area (Å²) in [5, 5.41) is 13.0. The van der Waals surface area contributed by atoms with E-state index in [1.54, 1.807) is 22.7 Å². The fourth-order valence-corrected chi connectivity index (χ4v) is 5.04. The molecule has 0 amide bonds. The quantitative estimate of drug-likeness (QED) is 0.372. The maximum Gasteiger partial charge on any atom is 0.277 e. The number of thioether (sulfide) groups is 1. The molecule has 3 aromatic heterocycles. The molecule has 0 spiro atoms. The van der Waals surface area contributed by atoms with E-state index in [4.69, 9.17) is 9.40 Å². The van der Waals surface area contributed by atoms with Gasteiger partial charge in [-0.1, -0.05) is 43.0 Å². The van der Waals surface area contributed by atoms with Crippen molar-refractivity contribution in [1.29, 1.82) is 0 Å². The fraction of sp³-hybridized carbons (Fsp3) is 0.263. The Bertz CT molecular complexity index is 1050. The molecule has 0 fully saturated rings. The molecular weight excluding hydrogens is 396 g/mol. The molecular formula is C19H18N4OS3. The van der Waals surface area contributed by atoms with Crippen LogP contribution in [0.2, 0.25) is 0 Å². The van der Waals surface area contributed by atoms with Crippen LogP contribution < -0.4 is 0 Å². The number of rotatable bonds is 6. The predicted molar refractivity (Wildman–Crippen MR) is 111 cm³/mol. The SMILES string of the molecule is CCc1ccc(-c2nc(CSc3nnc(-c4sc(C)nc4C)o3)cs2)cc1. The van der Waals surface area contributed by atoms with Crippen LogP contribution in [0.5, 0.6) is 0 Å². The van der Waals surface area contributed by atoms with Gasteiger partial charge in [-0.2, -0.15) is 0 Å². The van der Waals surface area contributed by atoms with Crippen LogP contribution in [0.25, 0.3) is 21.3 Å². The van der Waals surface area contributed by atoms with Crippen molar-refractivity contribution in [2.24, 2.45) is 0 Å². The normalized spacial score (nSPS) is 11.2. The third-order valence-electron chi connectivity index (χ3n) is 4.01. The highest BCUT2D eigenvalue weighted by atomic mass is 32.2. The number of thiazole rings is 2. The molecule has 4 rings (SSSR count). The zero-order chi connectivity index (χ0) is 18.8. The second kappa shape index (κ2) is 7.92. The lowest BCUT2D eigenvalue weighted by Crippen LogP contribution is -1.83. The van der Waals surface area contributed by atoms with Crippen molar-refractivity contribution in [2.75, 3.05) is 0 Å². The number of hydrogen-bond donors (Lipinski definition) is 0. The van der Waals surface area contributed by atoms with Gasteiger partial charge in [-0.3, -0.25) is 0 Å². The topological polar surface area (TPSA) is 64.7 Å². The van der Waals surface area contributed by atoms with E-state index in [0.717, 1.165) is 38.3 Å². The lowest BCUT2D eigenvalue weighted by atomic mass is 10.1. The number of hydrogen-bond acceptors (Lipinski definition) is 8. The standard InChI is InChI=1S/C19H18N4OS3/c1-4-13-5-7-14(8-6-13)18-21-15(9-25-18)10-26-19-23-22-17(24-19)16-11(2)20-12(3)27-16/h5-9H,4,10H2,1-3H3. The summed E-state index contributed by atoms with van der Waals surface area (Å²) in [6.45, 7) is 6.09. The van der Waals surface area contributed by atoms with E-state index in [9.17, 15) is 0 Å². The minimum Gasteiger partial charge on any atom is -0.410 e. The third-order valence-corrected chi connectivity index (χ3v) is 6.86. The largest absolute Gasteiger partial charge is 0.410 e. The van der Waals surface area contributed by atoms with Gasteiger partial charge in [0.2, 0.25) is 0 Å². The Labute approximate surface area is 169 Å². The Balaban J connectivity index is 1.42. The van der Waals surface area contributed by atoms with Gasteiger partial charge in [-0.15, -0.1) is 32.9 Å². The highest BCUT2D eigenvalue weighted by molar-refractivity contribution is 7.98. The van der Waals surface area contributed by atoms with Crippen molar-refractivity contribution < 1.29 is 4.42 Å². The van der Waals surface area contributed by atoms with E-state index >= 15 is 0 Å². The number of nitrogens with zero attached hydrogens (tertiary/aromatic N) is 4. The van der Waals surface area contributed by atoms with Crippen molar-refractivity contribution in [3.8, 4) is 21.3 Å². The molecule has 0 aliphatic heterocycles. The molecule has 27 heavy (non-hydrogen) atoms. The summed E-state index contributed by atoms with van der Waals surface area (Å²) >= 11 is 4.74. The van der Waals surface area contributed by atoms with Gasteiger partial charge in [0.25, 0.3) is 11.1 Å². The Morgan fingerprint density at radius 2 is 1.89 bits per heavy atom. The first-order valence-corrected chi connectivity index (χ1v) is 11.2.